The van der Waals surface area contributed by atoms with Gasteiger partial charge in [0.25, 0.3) is 5.91 Å². The number of carboxylic acids is 1. The maximum Gasteiger partial charge on any atom is 0.341 e. The number of nitrogens with one attached hydrogen (secondary N) is 1. The molecule has 2 N–H and O–H groups in total. The molecule has 1 amide bonds. The maximum absolute atomic E-state index is 12.9. The molecule has 2 aromatic rings. The first kappa shape index (κ1) is 23.2. The number of nitrogens with zero attached hydrogens (tertiary/aromatic N) is 2. The molecule has 9 nitrogen and oxygen atoms in total. The van der Waals surface area contributed by atoms with E-state index < -0.39 is 23.1 Å². The van der Waals surface area contributed by atoms with Crippen LogP contribution in [0, 0.1) is 5.92 Å². The predicted octanol–water partition coefficient (Wildman–Crippen LogP) is 2.49. The van der Waals surface area contributed by atoms with Crippen LogP contribution in [0.3, 0.4) is 0 Å². The van der Waals surface area contributed by atoms with E-state index in [1.165, 1.54) is 18.2 Å². The van der Waals surface area contributed by atoms with Crippen molar-refractivity contribution in [3.05, 3.63) is 53.1 Å². The third kappa shape index (κ3) is 4.73. The number of hydrogen-bond donors (Lipinski definition) is 2. The average Bonchev–Trinajstić information content (AvgIpc) is 3.56. The first-order valence-corrected chi connectivity index (χ1v) is 11.8. The molecule has 0 radical (unpaired) electrons. The number of carbonyl (C=O) groups excluding carboxylic acids is 1. The number of para-hydroxylation sites is 1. The van der Waals surface area contributed by atoms with E-state index in [4.69, 9.17) is 4.74 Å². The zero-order valence-corrected chi connectivity index (χ0v) is 19.3. The first-order chi connectivity index (χ1) is 15.8. The zero-order chi connectivity index (χ0) is 23.7. The molecule has 0 spiro atoms. The van der Waals surface area contributed by atoms with Gasteiger partial charge in [-0.25, -0.2) is 4.79 Å². The van der Waals surface area contributed by atoms with E-state index in [0.29, 0.717) is 19.1 Å². The van der Waals surface area contributed by atoms with Crippen LogP contribution in [-0.4, -0.2) is 64.4 Å². The monoisotopic (exact) mass is 472 g/mol. The summed E-state index contributed by atoms with van der Waals surface area (Å²) in [5, 5.41) is 12.8. The molecule has 1 heterocycles. The highest BCUT2D eigenvalue weighted by Gasteiger charge is 2.45. The fraction of sp³-hybridized carbons (Fsp3) is 0.391. The van der Waals surface area contributed by atoms with Crippen molar-refractivity contribution in [2.24, 2.45) is 5.92 Å². The number of carboxylic acid groups (broad SMARTS) is 1. The molecule has 0 saturated heterocycles. The SMILES string of the molecule is CN(C)CCCNC(=O)c1ccccc1N(c1ccc2c(c1C(=O)O)OCC1CC21)S(=O)[O-]. The van der Waals surface area contributed by atoms with Crippen LogP contribution in [0.5, 0.6) is 5.75 Å². The first-order valence-electron chi connectivity index (χ1n) is 10.7. The van der Waals surface area contributed by atoms with E-state index in [0.717, 1.165) is 29.3 Å². The van der Waals surface area contributed by atoms with Gasteiger partial charge in [0.2, 0.25) is 0 Å². The van der Waals surface area contributed by atoms with Gasteiger partial charge in [-0.15, -0.1) is 0 Å². The van der Waals surface area contributed by atoms with Crippen LogP contribution in [0.2, 0.25) is 0 Å². The molecule has 4 rings (SSSR count). The van der Waals surface area contributed by atoms with Gasteiger partial charge in [0.15, 0.2) is 0 Å². The number of aromatic carboxylic acids is 1. The van der Waals surface area contributed by atoms with Crippen molar-refractivity contribution < 1.29 is 28.2 Å². The van der Waals surface area contributed by atoms with Crippen molar-refractivity contribution in [1.29, 1.82) is 0 Å². The molecule has 10 heteroatoms. The highest BCUT2D eigenvalue weighted by Crippen LogP contribution is 2.56. The van der Waals surface area contributed by atoms with Crippen molar-refractivity contribution in [1.82, 2.24) is 10.2 Å². The number of hydrogen-bond acceptors (Lipinski definition) is 6. The fourth-order valence-corrected chi connectivity index (χ4v) is 4.87. The number of ether oxygens (including phenoxy) is 1. The zero-order valence-electron chi connectivity index (χ0n) is 18.4. The minimum atomic E-state index is -2.89. The Morgan fingerprint density at radius 2 is 1.97 bits per heavy atom. The van der Waals surface area contributed by atoms with Gasteiger partial charge in [-0.2, -0.15) is 0 Å². The number of amides is 1. The van der Waals surface area contributed by atoms with Crippen molar-refractivity contribution in [3.8, 4) is 5.75 Å². The second-order valence-corrected chi connectivity index (χ2v) is 9.34. The number of anilines is 2. The van der Waals surface area contributed by atoms with E-state index >= 15 is 0 Å². The molecule has 33 heavy (non-hydrogen) atoms. The normalized spacial score (nSPS) is 19.2. The Bertz CT molecular complexity index is 1110. The van der Waals surface area contributed by atoms with Gasteiger partial charge >= 0.3 is 5.97 Å². The molecule has 176 valence electrons. The lowest BCUT2D eigenvalue weighted by atomic mass is 9.99. The summed E-state index contributed by atoms with van der Waals surface area (Å²) >= 11 is -2.89. The third-order valence-electron chi connectivity index (χ3n) is 5.95. The summed E-state index contributed by atoms with van der Waals surface area (Å²) in [4.78, 5) is 27.1. The van der Waals surface area contributed by atoms with Crippen molar-refractivity contribution in [2.75, 3.05) is 38.1 Å². The smallest absolute Gasteiger partial charge is 0.341 e. The fourth-order valence-electron chi connectivity index (χ4n) is 4.24. The van der Waals surface area contributed by atoms with Crippen molar-refractivity contribution in [2.45, 2.75) is 18.8 Å². The molecule has 1 saturated carbocycles. The lowest BCUT2D eigenvalue weighted by Crippen LogP contribution is -2.30. The van der Waals surface area contributed by atoms with Crippen LogP contribution in [0.15, 0.2) is 36.4 Å². The van der Waals surface area contributed by atoms with Crippen molar-refractivity contribution in [3.63, 3.8) is 0 Å². The van der Waals surface area contributed by atoms with Crippen LogP contribution < -0.4 is 14.4 Å². The molecular formula is C23H26N3O6S-. The highest BCUT2D eigenvalue weighted by atomic mass is 32.2. The third-order valence-corrected chi connectivity index (χ3v) is 6.64. The minimum absolute atomic E-state index is 0.0680. The van der Waals surface area contributed by atoms with E-state index in [1.807, 2.05) is 19.0 Å². The minimum Gasteiger partial charge on any atom is -0.755 e. The molecule has 2 aliphatic rings. The summed E-state index contributed by atoms with van der Waals surface area (Å²) in [6, 6.07) is 9.43. The summed E-state index contributed by atoms with van der Waals surface area (Å²) in [7, 11) is 3.87. The van der Waals surface area contributed by atoms with Crippen LogP contribution >= 0.6 is 0 Å². The number of benzene rings is 2. The Hall–Kier alpha value is -2.95. The van der Waals surface area contributed by atoms with Gasteiger partial charge in [0, 0.05) is 12.5 Å². The van der Waals surface area contributed by atoms with Crippen LogP contribution in [0.1, 0.15) is 45.0 Å². The molecule has 0 bridgehead atoms. The Labute approximate surface area is 194 Å². The van der Waals surface area contributed by atoms with Crippen molar-refractivity contribution >= 4 is 34.5 Å². The Kier molecular flexibility index (Phi) is 6.68. The molecule has 1 fully saturated rings. The molecular weight excluding hydrogens is 446 g/mol. The second-order valence-electron chi connectivity index (χ2n) is 8.54. The van der Waals surface area contributed by atoms with E-state index in [2.05, 4.69) is 5.32 Å². The number of carbonyl (C=O) groups is 2. The van der Waals surface area contributed by atoms with Gasteiger partial charge < -0.3 is 24.6 Å². The lowest BCUT2D eigenvalue weighted by Gasteiger charge is -2.31. The van der Waals surface area contributed by atoms with Gasteiger partial charge in [-0.1, -0.05) is 18.2 Å². The average molecular weight is 473 g/mol. The van der Waals surface area contributed by atoms with E-state index in [-0.39, 0.29) is 34.2 Å². The highest BCUT2D eigenvalue weighted by molar-refractivity contribution is 7.81. The van der Waals surface area contributed by atoms with Gasteiger partial charge in [-0.05, 0) is 63.2 Å². The van der Waals surface area contributed by atoms with Gasteiger partial charge in [0.1, 0.15) is 11.3 Å². The Balaban J connectivity index is 1.72. The van der Waals surface area contributed by atoms with Crippen LogP contribution in [0.25, 0.3) is 0 Å². The number of rotatable bonds is 9. The van der Waals surface area contributed by atoms with Crippen LogP contribution in [0.4, 0.5) is 11.4 Å². The molecule has 1 aliphatic carbocycles. The quantitative estimate of drug-likeness (QED) is 0.425. The van der Waals surface area contributed by atoms with E-state index in [9.17, 15) is 23.5 Å². The van der Waals surface area contributed by atoms with Gasteiger partial charge in [-0.3, -0.25) is 13.3 Å². The number of fused-ring (bicyclic) bond motifs is 3. The second kappa shape index (κ2) is 9.50. The van der Waals surface area contributed by atoms with Gasteiger partial charge in [0.05, 0.1) is 34.8 Å². The predicted molar refractivity (Wildman–Crippen MR) is 123 cm³/mol. The van der Waals surface area contributed by atoms with Crippen LogP contribution in [-0.2, 0) is 11.3 Å². The molecule has 1 aliphatic heterocycles. The largest absolute Gasteiger partial charge is 0.755 e. The van der Waals surface area contributed by atoms with E-state index in [1.54, 1.807) is 18.2 Å². The maximum atomic E-state index is 12.9. The Morgan fingerprint density at radius 1 is 1.21 bits per heavy atom. The topological polar surface area (TPSA) is 122 Å². The summed E-state index contributed by atoms with van der Waals surface area (Å²) < 4.78 is 31.4. The summed E-state index contributed by atoms with van der Waals surface area (Å²) in [5.74, 6) is -0.896. The molecule has 0 aromatic heterocycles. The Morgan fingerprint density at radius 3 is 2.67 bits per heavy atom. The summed E-state index contributed by atoms with van der Waals surface area (Å²) in [6.45, 7) is 1.62. The molecule has 3 atom stereocenters. The lowest BCUT2D eigenvalue weighted by molar-refractivity contribution is 0.0692. The molecule has 3 unspecified atom stereocenters. The summed E-state index contributed by atoms with van der Waals surface area (Å²) in [5.41, 5.74) is 0.697. The summed E-state index contributed by atoms with van der Waals surface area (Å²) in [6.07, 6.45) is 1.66. The molecule has 2 aromatic carbocycles. The standard InChI is InChI=1S/C23H27N3O6S/c1-25(2)11-5-10-24-22(27)16-6-3-4-7-18(16)26(33(30)31)19-9-8-15-17-12-14(17)13-32-21(15)20(19)23(28)29/h3-4,6-9,14,17H,5,10-13H2,1-2H3,(H,24,27)(H,28,29)(H,30,31)/p-1.